The van der Waals surface area contributed by atoms with Gasteiger partial charge in [0.05, 0.1) is 6.61 Å². The minimum absolute atomic E-state index is 0.00454. The van der Waals surface area contributed by atoms with E-state index in [0.29, 0.717) is 6.42 Å². The highest BCUT2D eigenvalue weighted by atomic mass is 19.4. The van der Waals surface area contributed by atoms with Crippen LogP contribution in [0.2, 0.25) is 0 Å². The molecule has 38 heavy (non-hydrogen) atoms. The third kappa shape index (κ3) is 5.58. The van der Waals surface area contributed by atoms with Crippen molar-refractivity contribution in [2.45, 2.75) is 51.0 Å². The molecule has 1 fully saturated rings. The Bertz CT molecular complexity index is 1190. The largest absolute Gasteiger partial charge is 0.490 e. The second kappa shape index (κ2) is 11.2. The Morgan fingerprint density at radius 1 is 1.29 bits per heavy atom. The second-order valence-corrected chi connectivity index (χ2v) is 9.29. The van der Waals surface area contributed by atoms with E-state index in [2.05, 4.69) is 10.3 Å². The SMILES string of the molecule is CC[C@@H](CO)COc1c([C@H]2[C@H](C(=O)Nc3ccnc(C(N)=O)c3)O[C@@](C)(C(F)(F)F)[C@H]2C)ccc(F)c1F. The van der Waals surface area contributed by atoms with Crippen molar-refractivity contribution in [2.75, 3.05) is 18.5 Å². The Labute approximate surface area is 215 Å². The summed E-state index contributed by atoms with van der Waals surface area (Å²) in [6.07, 6.45) is -5.16. The van der Waals surface area contributed by atoms with E-state index in [0.717, 1.165) is 31.3 Å². The van der Waals surface area contributed by atoms with E-state index in [9.17, 15) is 36.6 Å². The van der Waals surface area contributed by atoms with Crippen LogP contribution in [0.1, 0.15) is 49.2 Å². The molecule has 0 spiro atoms. The third-order valence-electron chi connectivity index (χ3n) is 6.95. The number of rotatable bonds is 9. The second-order valence-electron chi connectivity index (χ2n) is 9.29. The van der Waals surface area contributed by atoms with Crippen LogP contribution in [0.3, 0.4) is 0 Å². The number of carbonyl (C=O) groups is 2. The number of aliphatic hydroxyl groups is 1. The van der Waals surface area contributed by atoms with Gasteiger partial charge >= 0.3 is 6.18 Å². The Balaban J connectivity index is 2.08. The molecule has 1 aliphatic rings. The predicted octanol–water partition coefficient (Wildman–Crippen LogP) is 3.93. The van der Waals surface area contributed by atoms with Crippen LogP contribution in [-0.4, -0.2) is 53.0 Å². The molecule has 1 aliphatic heterocycles. The molecule has 0 unspecified atom stereocenters. The summed E-state index contributed by atoms with van der Waals surface area (Å²) in [6.45, 7) is 3.13. The Morgan fingerprint density at radius 2 is 1.97 bits per heavy atom. The molecular weight excluding hydrogens is 517 g/mol. The van der Waals surface area contributed by atoms with Gasteiger partial charge in [0, 0.05) is 41.8 Å². The summed E-state index contributed by atoms with van der Waals surface area (Å²) in [6, 6.07) is 4.20. The molecule has 0 bridgehead atoms. The molecule has 1 aromatic heterocycles. The highest BCUT2D eigenvalue weighted by Crippen LogP contribution is 2.55. The highest BCUT2D eigenvalue weighted by Gasteiger charge is 2.66. The smallest absolute Gasteiger partial charge is 0.417 e. The Morgan fingerprint density at radius 3 is 2.55 bits per heavy atom. The molecule has 0 saturated carbocycles. The maximum atomic E-state index is 14.9. The lowest BCUT2D eigenvalue weighted by atomic mass is 9.77. The van der Waals surface area contributed by atoms with Crippen LogP contribution in [0.4, 0.5) is 27.6 Å². The number of hydrogen-bond acceptors (Lipinski definition) is 6. The number of nitrogens with zero attached hydrogens (tertiary/aromatic N) is 1. The first-order valence-electron chi connectivity index (χ1n) is 11.8. The van der Waals surface area contributed by atoms with Crippen molar-refractivity contribution in [1.82, 2.24) is 4.98 Å². The van der Waals surface area contributed by atoms with Gasteiger partial charge in [0.15, 0.2) is 17.2 Å². The third-order valence-corrected chi connectivity index (χ3v) is 6.95. The Kier molecular flexibility index (Phi) is 8.62. The number of aliphatic hydroxyl groups excluding tert-OH is 1. The average Bonchev–Trinajstić information content (AvgIpc) is 3.14. The van der Waals surface area contributed by atoms with Crippen molar-refractivity contribution in [3.8, 4) is 5.75 Å². The van der Waals surface area contributed by atoms with Gasteiger partial charge in [-0.15, -0.1) is 0 Å². The molecule has 13 heteroatoms. The molecule has 0 radical (unpaired) electrons. The number of hydrogen-bond donors (Lipinski definition) is 3. The zero-order valence-corrected chi connectivity index (χ0v) is 20.8. The van der Waals surface area contributed by atoms with Gasteiger partial charge in [0.2, 0.25) is 5.82 Å². The van der Waals surface area contributed by atoms with E-state index in [4.69, 9.17) is 15.2 Å². The van der Waals surface area contributed by atoms with Gasteiger partial charge in [-0.3, -0.25) is 14.6 Å². The summed E-state index contributed by atoms with van der Waals surface area (Å²) in [5.74, 6) is -8.68. The van der Waals surface area contributed by atoms with Crippen LogP contribution in [0.25, 0.3) is 0 Å². The van der Waals surface area contributed by atoms with Crippen LogP contribution < -0.4 is 15.8 Å². The fourth-order valence-corrected chi connectivity index (χ4v) is 4.34. The van der Waals surface area contributed by atoms with E-state index in [1.165, 1.54) is 13.0 Å². The van der Waals surface area contributed by atoms with E-state index >= 15 is 0 Å². The van der Waals surface area contributed by atoms with E-state index in [1.807, 2.05) is 0 Å². The zero-order valence-electron chi connectivity index (χ0n) is 20.8. The van der Waals surface area contributed by atoms with Gasteiger partial charge < -0.3 is 25.6 Å². The number of anilines is 1. The van der Waals surface area contributed by atoms with Gasteiger partial charge in [-0.2, -0.15) is 17.6 Å². The molecule has 5 atom stereocenters. The summed E-state index contributed by atoms with van der Waals surface area (Å²) < 4.78 is 82.5. The van der Waals surface area contributed by atoms with Crippen LogP contribution in [0.15, 0.2) is 30.5 Å². The number of halogens is 5. The van der Waals surface area contributed by atoms with Crippen LogP contribution in [0.5, 0.6) is 5.75 Å². The normalized spacial score (nSPS) is 24.2. The fourth-order valence-electron chi connectivity index (χ4n) is 4.34. The summed E-state index contributed by atoms with van der Waals surface area (Å²) in [5.41, 5.74) is 1.95. The number of nitrogens with one attached hydrogen (secondary N) is 1. The summed E-state index contributed by atoms with van der Waals surface area (Å²) in [5, 5.41) is 11.8. The maximum Gasteiger partial charge on any atom is 0.417 e. The average molecular weight is 546 g/mol. The minimum atomic E-state index is -4.93. The first kappa shape index (κ1) is 29.2. The standard InChI is InChI=1S/C25H28F5N3O5/c1-4-13(10-34)11-37-20-15(5-6-16(26)19(20)27)18-12(2)24(3,25(28,29)30)38-21(18)23(36)33-14-7-8-32-17(9-14)22(31)35/h5-9,12-13,18,21,34H,4,10-11H2,1-3H3,(H2,31,35)(H,32,33,36)/t12-,13-,18-,21+,24+/m0/s1. The van der Waals surface area contributed by atoms with Gasteiger partial charge in [-0.25, -0.2) is 4.39 Å². The van der Waals surface area contributed by atoms with Crippen molar-refractivity contribution >= 4 is 17.5 Å². The lowest BCUT2D eigenvalue weighted by Gasteiger charge is -2.32. The van der Waals surface area contributed by atoms with Crippen LogP contribution in [0, 0.1) is 23.5 Å². The molecule has 0 aliphatic carbocycles. The number of alkyl halides is 3. The number of nitrogens with two attached hydrogens (primary N) is 1. The molecule has 1 aromatic carbocycles. The predicted molar refractivity (Wildman–Crippen MR) is 125 cm³/mol. The molecule has 2 amide bonds. The van der Waals surface area contributed by atoms with Crippen molar-refractivity contribution in [3.05, 3.63) is 53.4 Å². The summed E-state index contributed by atoms with van der Waals surface area (Å²) in [4.78, 5) is 28.4. The lowest BCUT2D eigenvalue weighted by Crippen LogP contribution is -2.47. The fraction of sp³-hybridized carbons (Fsp3) is 0.480. The van der Waals surface area contributed by atoms with Gasteiger partial charge in [-0.1, -0.05) is 19.9 Å². The molecular formula is C25H28F5N3O5. The molecule has 2 heterocycles. The van der Waals surface area contributed by atoms with Crippen LogP contribution >= 0.6 is 0 Å². The minimum Gasteiger partial charge on any atom is -0.490 e. The van der Waals surface area contributed by atoms with Crippen molar-refractivity contribution in [1.29, 1.82) is 0 Å². The molecule has 8 nitrogen and oxygen atoms in total. The summed E-state index contributed by atoms with van der Waals surface area (Å²) in [7, 11) is 0. The molecule has 208 valence electrons. The number of aromatic nitrogens is 1. The van der Waals surface area contributed by atoms with Gasteiger partial charge in [-0.05, 0) is 31.5 Å². The van der Waals surface area contributed by atoms with E-state index in [-0.39, 0.29) is 30.2 Å². The molecule has 2 aromatic rings. The number of ether oxygens (including phenoxy) is 2. The zero-order chi connectivity index (χ0) is 28.4. The monoisotopic (exact) mass is 545 g/mol. The van der Waals surface area contributed by atoms with Crippen molar-refractivity contribution in [3.63, 3.8) is 0 Å². The topological polar surface area (TPSA) is 124 Å². The maximum absolute atomic E-state index is 14.9. The number of pyridine rings is 1. The first-order valence-corrected chi connectivity index (χ1v) is 11.8. The van der Waals surface area contributed by atoms with Crippen molar-refractivity contribution < 1.29 is 46.1 Å². The number of carbonyl (C=O) groups excluding carboxylic acids is 2. The van der Waals surface area contributed by atoms with Crippen LogP contribution in [-0.2, 0) is 9.53 Å². The highest BCUT2D eigenvalue weighted by molar-refractivity contribution is 5.97. The van der Waals surface area contributed by atoms with Gasteiger partial charge in [0.1, 0.15) is 11.8 Å². The summed E-state index contributed by atoms with van der Waals surface area (Å²) >= 11 is 0. The molecule has 3 rings (SSSR count). The number of benzene rings is 1. The molecule has 4 N–H and O–H groups in total. The van der Waals surface area contributed by atoms with Crippen molar-refractivity contribution in [2.24, 2.45) is 17.6 Å². The van der Waals surface area contributed by atoms with Gasteiger partial charge in [0.25, 0.3) is 11.8 Å². The first-order chi connectivity index (χ1) is 17.7. The lowest BCUT2D eigenvalue weighted by molar-refractivity contribution is -0.272. The van der Waals surface area contributed by atoms with E-state index < -0.39 is 64.8 Å². The number of amides is 2. The van der Waals surface area contributed by atoms with E-state index in [1.54, 1.807) is 6.92 Å². The Hall–Kier alpha value is -3.32. The number of primary amides is 1. The molecule has 1 saturated heterocycles. The quantitative estimate of drug-likeness (QED) is 0.411.